The Labute approximate surface area is 201 Å². The number of rotatable bonds is 5. The van der Waals surface area contributed by atoms with Gasteiger partial charge in [-0.05, 0) is 79.7 Å². The van der Waals surface area contributed by atoms with Gasteiger partial charge in [-0.2, -0.15) is 0 Å². The van der Waals surface area contributed by atoms with E-state index in [4.69, 9.17) is 0 Å². The molecule has 4 aliphatic rings. The number of nitrogens with zero attached hydrogens (tertiary/aromatic N) is 4. The molecule has 8 heteroatoms. The van der Waals surface area contributed by atoms with Gasteiger partial charge < -0.3 is 9.80 Å². The van der Waals surface area contributed by atoms with E-state index in [1.54, 1.807) is 12.3 Å². The second kappa shape index (κ2) is 8.26. The predicted octanol–water partition coefficient (Wildman–Crippen LogP) is 3.65. The molecule has 0 N–H and O–H groups in total. The second-order valence-electron chi connectivity index (χ2n) is 10.2. The summed E-state index contributed by atoms with van der Waals surface area (Å²) in [5.74, 6) is 2.03. The van der Waals surface area contributed by atoms with Gasteiger partial charge in [0.15, 0.2) is 0 Å². The van der Waals surface area contributed by atoms with Crippen molar-refractivity contribution in [2.75, 3.05) is 47.7 Å². The van der Waals surface area contributed by atoms with Crippen LogP contribution in [0.3, 0.4) is 0 Å². The Morgan fingerprint density at radius 1 is 0.971 bits per heavy atom. The highest BCUT2D eigenvalue weighted by molar-refractivity contribution is 7.93. The Balaban J connectivity index is 1.15. The number of benzene rings is 1. The van der Waals surface area contributed by atoms with Crippen LogP contribution in [0, 0.1) is 6.92 Å². The molecule has 0 atom stereocenters. The van der Waals surface area contributed by atoms with Gasteiger partial charge in [0, 0.05) is 44.6 Å². The number of anilines is 2. The Morgan fingerprint density at radius 3 is 2.32 bits per heavy atom. The van der Waals surface area contributed by atoms with E-state index in [1.807, 2.05) is 11.8 Å². The minimum absolute atomic E-state index is 0.0213. The molecular formula is C26H32N4O3S. The standard InChI is InChI=1S/C26H32N4O3S/c1-18-15-25(30-9-2-14-34(30,32)33)27-17-23(18)26(31)29-12-10-28(11-13-29)24-8-7-21(19-3-4-19)16-22(24)20-5-6-20/h7-8,15-17,19-20H,2-6,9-14H2,1H3. The van der Waals surface area contributed by atoms with E-state index in [0.717, 1.165) is 24.6 Å². The fraction of sp³-hybridized carbons (Fsp3) is 0.538. The van der Waals surface area contributed by atoms with Crippen LogP contribution in [0.4, 0.5) is 11.5 Å². The van der Waals surface area contributed by atoms with Gasteiger partial charge in [0.2, 0.25) is 10.0 Å². The number of amides is 1. The summed E-state index contributed by atoms with van der Waals surface area (Å²) in [5, 5.41) is 0. The molecule has 2 aliphatic carbocycles. The van der Waals surface area contributed by atoms with Crippen LogP contribution in [0.5, 0.6) is 0 Å². The number of pyridine rings is 1. The lowest BCUT2D eigenvalue weighted by atomic mass is 10.0. The van der Waals surface area contributed by atoms with Crippen LogP contribution >= 0.6 is 0 Å². The average Bonchev–Trinajstić information content (AvgIpc) is 3.75. The van der Waals surface area contributed by atoms with Gasteiger partial charge in [-0.15, -0.1) is 0 Å². The van der Waals surface area contributed by atoms with Crippen LogP contribution in [0.2, 0.25) is 0 Å². The van der Waals surface area contributed by atoms with Gasteiger partial charge >= 0.3 is 0 Å². The molecule has 0 bridgehead atoms. The third kappa shape index (κ3) is 4.06. The van der Waals surface area contributed by atoms with E-state index in [0.29, 0.717) is 43.4 Å². The molecule has 0 spiro atoms. The molecule has 0 unspecified atom stereocenters. The summed E-state index contributed by atoms with van der Waals surface area (Å²) < 4.78 is 25.8. The summed E-state index contributed by atoms with van der Waals surface area (Å²) in [6.45, 7) is 5.31. The lowest BCUT2D eigenvalue weighted by Crippen LogP contribution is -2.49. The van der Waals surface area contributed by atoms with Crippen molar-refractivity contribution < 1.29 is 13.2 Å². The minimum Gasteiger partial charge on any atom is -0.368 e. The van der Waals surface area contributed by atoms with E-state index >= 15 is 0 Å². The molecule has 34 heavy (non-hydrogen) atoms. The number of carbonyl (C=O) groups excluding carboxylic acids is 1. The lowest BCUT2D eigenvalue weighted by molar-refractivity contribution is 0.0745. The zero-order chi connectivity index (χ0) is 23.4. The summed E-state index contributed by atoms with van der Waals surface area (Å²) in [6.07, 6.45) is 7.40. The van der Waals surface area contributed by atoms with Crippen molar-refractivity contribution in [2.24, 2.45) is 0 Å². The quantitative estimate of drug-likeness (QED) is 0.653. The lowest BCUT2D eigenvalue weighted by Gasteiger charge is -2.37. The predicted molar refractivity (Wildman–Crippen MR) is 133 cm³/mol. The topological polar surface area (TPSA) is 73.8 Å². The molecule has 7 nitrogen and oxygen atoms in total. The minimum atomic E-state index is -3.28. The van der Waals surface area contributed by atoms with Crippen molar-refractivity contribution in [3.63, 3.8) is 0 Å². The van der Waals surface area contributed by atoms with Gasteiger partial charge in [0.25, 0.3) is 5.91 Å². The number of hydrogen-bond donors (Lipinski definition) is 0. The molecule has 1 aromatic heterocycles. The number of piperazine rings is 1. The second-order valence-corrected chi connectivity index (χ2v) is 12.3. The van der Waals surface area contributed by atoms with Crippen molar-refractivity contribution in [1.29, 1.82) is 0 Å². The van der Waals surface area contributed by atoms with Gasteiger partial charge in [-0.1, -0.05) is 12.1 Å². The molecule has 2 aromatic rings. The first-order valence-electron chi connectivity index (χ1n) is 12.6. The van der Waals surface area contributed by atoms with E-state index in [2.05, 4.69) is 28.1 Å². The third-order valence-electron chi connectivity index (χ3n) is 7.71. The van der Waals surface area contributed by atoms with Gasteiger partial charge in [-0.25, -0.2) is 13.4 Å². The van der Waals surface area contributed by atoms with Gasteiger partial charge in [-0.3, -0.25) is 9.10 Å². The summed E-state index contributed by atoms with van der Waals surface area (Å²) in [7, 11) is -3.28. The molecule has 1 amide bonds. The Bertz CT molecular complexity index is 1230. The summed E-state index contributed by atoms with van der Waals surface area (Å²) in [6, 6.07) is 8.82. The number of sulfonamides is 1. The van der Waals surface area contributed by atoms with Crippen LogP contribution in [0.25, 0.3) is 0 Å². The maximum absolute atomic E-state index is 13.3. The van der Waals surface area contributed by atoms with E-state index in [-0.39, 0.29) is 11.7 Å². The van der Waals surface area contributed by atoms with E-state index in [1.165, 1.54) is 46.8 Å². The molecule has 6 rings (SSSR count). The first kappa shape index (κ1) is 21.9. The molecular weight excluding hydrogens is 448 g/mol. The molecule has 1 aromatic carbocycles. The first-order valence-corrected chi connectivity index (χ1v) is 14.2. The molecule has 3 heterocycles. The smallest absolute Gasteiger partial charge is 0.255 e. The van der Waals surface area contributed by atoms with Crippen molar-refractivity contribution >= 4 is 27.4 Å². The number of aromatic nitrogens is 1. The van der Waals surface area contributed by atoms with Gasteiger partial charge in [0.1, 0.15) is 5.82 Å². The number of carbonyl (C=O) groups is 1. The summed E-state index contributed by atoms with van der Waals surface area (Å²) in [5.41, 5.74) is 5.70. The van der Waals surface area contributed by atoms with Crippen LogP contribution < -0.4 is 9.21 Å². The third-order valence-corrected chi connectivity index (χ3v) is 9.55. The normalized spacial score (nSPS) is 22.3. The Morgan fingerprint density at radius 2 is 1.71 bits per heavy atom. The Hall–Kier alpha value is -2.61. The molecule has 2 aliphatic heterocycles. The monoisotopic (exact) mass is 480 g/mol. The fourth-order valence-electron chi connectivity index (χ4n) is 5.37. The summed E-state index contributed by atoms with van der Waals surface area (Å²) in [4.78, 5) is 22.0. The average molecular weight is 481 g/mol. The highest BCUT2D eigenvalue weighted by atomic mass is 32.2. The van der Waals surface area contributed by atoms with E-state index < -0.39 is 10.0 Å². The molecule has 180 valence electrons. The zero-order valence-corrected chi connectivity index (χ0v) is 20.6. The zero-order valence-electron chi connectivity index (χ0n) is 19.7. The fourth-order valence-corrected chi connectivity index (χ4v) is 6.88. The summed E-state index contributed by atoms with van der Waals surface area (Å²) >= 11 is 0. The van der Waals surface area contributed by atoms with Crippen molar-refractivity contribution in [2.45, 2.75) is 50.9 Å². The molecule has 2 saturated carbocycles. The van der Waals surface area contributed by atoms with Crippen molar-refractivity contribution in [1.82, 2.24) is 9.88 Å². The highest BCUT2D eigenvalue weighted by Crippen LogP contribution is 2.48. The largest absolute Gasteiger partial charge is 0.368 e. The molecule has 0 radical (unpaired) electrons. The molecule has 4 fully saturated rings. The van der Waals surface area contributed by atoms with Gasteiger partial charge in [0.05, 0.1) is 11.3 Å². The molecule has 2 saturated heterocycles. The van der Waals surface area contributed by atoms with Crippen LogP contribution in [0.1, 0.15) is 71.0 Å². The van der Waals surface area contributed by atoms with Crippen LogP contribution in [-0.2, 0) is 10.0 Å². The van der Waals surface area contributed by atoms with Crippen molar-refractivity contribution in [3.8, 4) is 0 Å². The number of aryl methyl sites for hydroxylation is 1. The van der Waals surface area contributed by atoms with Crippen molar-refractivity contribution in [3.05, 3.63) is 52.7 Å². The van der Waals surface area contributed by atoms with Crippen LogP contribution in [0.15, 0.2) is 30.5 Å². The first-order chi connectivity index (χ1) is 16.4. The maximum Gasteiger partial charge on any atom is 0.255 e. The SMILES string of the molecule is Cc1cc(N2CCCS2(=O)=O)ncc1C(=O)N1CCN(c2ccc(C3CC3)cc2C2CC2)CC1. The Kier molecular flexibility index (Phi) is 5.32. The van der Waals surface area contributed by atoms with E-state index in [9.17, 15) is 13.2 Å². The highest BCUT2D eigenvalue weighted by Gasteiger charge is 2.33. The maximum atomic E-state index is 13.3. The number of hydrogen-bond acceptors (Lipinski definition) is 5. The van der Waals surface area contributed by atoms with Crippen LogP contribution in [-0.4, -0.2) is 62.7 Å².